The number of hydrogen-bond donors (Lipinski definition) is 0. The largest absolute Gasteiger partial charge is 0.497 e. The van der Waals surface area contributed by atoms with Gasteiger partial charge in [0, 0.05) is 18.5 Å². The predicted octanol–water partition coefficient (Wildman–Crippen LogP) is 1.07. The van der Waals surface area contributed by atoms with Crippen LogP contribution in [0.2, 0.25) is 0 Å². The lowest BCUT2D eigenvalue weighted by atomic mass is 10.3. The van der Waals surface area contributed by atoms with Crippen LogP contribution >= 0.6 is 0 Å². The molecule has 0 N–H and O–H groups in total. The van der Waals surface area contributed by atoms with Crippen molar-refractivity contribution in [3.05, 3.63) is 42.7 Å². The van der Waals surface area contributed by atoms with Crippen LogP contribution in [0.5, 0.6) is 5.75 Å². The van der Waals surface area contributed by atoms with Gasteiger partial charge in [-0.1, -0.05) is 5.21 Å². The van der Waals surface area contributed by atoms with Crippen molar-refractivity contribution >= 4 is 21.1 Å². The van der Waals surface area contributed by atoms with Gasteiger partial charge in [0.1, 0.15) is 21.7 Å². The molecule has 0 bridgehead atoms. The second kappa shape index (κ2) is 4.57. The van der Waals surface area contributed by atoms with Gasteiger partial charge in [-0.25, -0.2) is 0 Å². The van der Waals surface area contributed by atoms with Crippen LogP contribution in [0.25, 0.3) is 11.0 Å². The Bertz CT molecular complexity index is 859. The van der Waals surface area contributed by atoms with E-state index >= 15 is 0 Å². The fraction of sp³-hybridized carbons (Fsp3) is 0.0833. The molecule has 3 aromatic rings. The van der Waals surface area contributed by atoms with Gasteiger partial charge in [-0.2, -0.15) is 8.42 Å². The van der Waals surface area contributed by atoms with Gasteiger partial charge in [0.05, 0.1) is 7.11 Å². The fourth-order valence-electron chi connectivity index (χ4n) is 1.78. The number of rotatable bonds is 3. The molecule has 0 aliphatic heterocycles. The molecule has 0 aliphatic rings. The first-order chi connectivity index (χ1) is 9.63. The molecule has 1 aromatic carbocycles. The monoisotopic (exact) mass is 290 g/mol. The minimum absolute atomic E-state index is 0.0506. The van der Waals surface area contributed by atoms with Crippen LogP contribution in [-0.2, 0) is 10.0 Å². The highest BCUT2D eigenvalue weighted by Crippen LogP contribution is 2.22. The summed E-state index contributed by atoms with van der Waals surface area (Å²) in [6.07, 6.45) is 2.77. The highest BCUT2D eigenvalue weighted by Gasteiger charge is 2.21. The van der Waals surface area contributed by atoms with Crippen LogP contribution in [0.4, 0.5) is 0 Å². The van der Waals surface area contributed by atoms with Crippen molar-refractivity contribution < 1.29 is 13.2 Å². The Morgan fingerprint density at radius 2 is 2.10 bits per heavy atom. The topological polar surface area (TPSA) is 87.0 Å². The Kier molecular flexibility index (Phi) is 2.87. The summed E-state index contributed by atoms with van der Waals surface area (Å²) >= 11 is 0. The molecular formula is C12H10N4O3S. The van der Waals surface area contributed by atoms with Crippen molar-refractivity contribution in [1.29, 1.82) is 0 Å². The zero-order valence-corrected chi connectivity index (χ0v) is 11.3. The van der Waals surface area contributed by atoms with E-state index in [-0.39, 0.29) is 4.90 Å². The summed E-state index contributed by atoms with van der Waals surface area (Å²) in [6, 6.07) is 7.92. The van der Waals surface area contributed by atoms with Gasteiger partial charge in [0.15, 0.2) is 0 Å². The third kappa shape index (κ3) is 1.90. The van der Waals surface area contributed by atoms with Crippen molar-refractivity contribution in [3.8, 4) is 5.75 Å². The van der Waals surface area contributed by atoms with Gasteiger partial charge in [0.25, 0.3) is 10.0 Å². The van der Waals surface area contributed by atoms with Gasteiger partial charge in [-0.15, -0.1) is 9.19 Å². The number of benzene rings is 1. The van der Waals surface area contributed by atoms with Crippen molar-refractivity contribution in [2.75, 3.05) is 7.11 Å². The highest BCUT2D eigenvalue weighted by atomic mass is 32.2. The molecule has 2 heterocycles. The summed E-state index contributed by atoms with van der Waals surface area (Å²) in [5.41, 5.74) is 0.825. The molecule has 8 heteroatoms. The van der Waals surface area contributed by atoms with Crippen LogP contribution in [0.1, 0.15) is 0 Å². The van der Waals surface area contributed by atoms with Gasteiger partial charge >= 0.3 is 0 Å². The van der Waals surface area contributed by atoms with Crippen LogP contribution in [0, 0.1) is 0 Å². The SMILES string of the molecule is COc1ccc2nnn(S(=O)(=O)c3cccnc3)c2c1. The average Bonchev–Trinajstić information content (AvgIpc) is 2.91. The maximum absolute atomic E-state index is 12.5. The lowest BCUT2D eigenvalue weighted by molar-refractivity contribution is 0.415. The average molecular weight is 290 g/mol. The molecule has 20 heavy (non-hydrogen) atoms. The Morgan fingerprint density at radius 1 is 1.25 bits per heavy atom. The second-order valence-electron chi connectivity index (χ2n) is 3.98. The van der Waals surface area contributed by atoms with Gasteiger partial charge in [-0.3, -0.25) is 4.98 Å². The number of ether oxygens (including phenoxy) is 1. The quantitative estimate of drug-likeness (QED) is 0.717. The predicted molar refractivity (Wildman–Crippen MR) is 70.9 cm³/mol. The third-order valence-electron chi connectivity index (χ3n) is 2.78. The van der Waals surface area contributed by atoms with E-state index in [1.165, 1.54) is 25.6 Å². The molecule has 0 fully saturated rings. The first kappa shape index (κ1) is 12.5. The van der Waals surface area contributed by atoms with E-state index in [2.05, 4.69) is 15.3 Å². The van der Waals surface area contributed by atoms with E-state index in [0.717, 1.165) is 4.09 Å². The first-order valence-electron chi connectivity index (χ1n) is 5.68. The zero-order chi connectivity index (χ0) is 14.2. The molecule has 2 aromatic heterocycles. The van der Waals surface area contributed by atoms with Gasteiger partial charge in [0.2, 0.25) is 0 Å². The van der Waals surface area contributed by atoms with Gasteiger partial charge in [-0.05, 0) is 24.3 Å². The number of fused-ring (bicyclic) bond motifs is 1. The van der Waals surface area contributed by atoms with E-state index in [1.54, 1.807) is 24.3 Å². The Hall–Kier alpha value is -2.48. The van der Waals surface area contributed by atoms with E-state index in [4.69, 9.17) is 4.74 Å². The van der Waals surface area contributed by atoms with Crippen molar-refractivity contribution in [3.63, 3.8) is 0 Å². The number of aromatic nitrogens is 4. The fourth-order valence-corrected chi connectivity index (χ4v) is 2.96. The summed E-state index contributed by atoms with van der Waals surface area (Å²) in [6.45, 7) is 0. The van der Waals surface area contributed by atoms with Crippen molar-refractivity contribution in [1.82, 2.24) is 19.4 Å². The summed E-state index contributed by atoms with van der Waals surface area (Å²) < 4.78 is 30.9. The molecule has 0 saturated carbocycles. The molecule has 0 radical (unpaired) electrons. The van der Waals surface area contributed by atoms with Crippen LogP contribution in [0.3, 0.4) is 0 Å². The number of pyridine rings is 1. The summed E-state index contributed by atoms with van der Waals surface area (Å²) in [5, 5.41) is 7.56. The zero-order valence-electron chi connectivity index (χ0n) is 10.5. The standard InChI is InChI=1S/C12H10N4O3S/c1-19-9-4-5-11-12(7-9)16(15-14-11)20(17,18)10-3-2-6-13-8-10/h2-8H,1H3. The molecule has 7 nitrogen and oxygen atoms in total. The van der Waals surface area contributed by atoms with E-state index < -0.39 is 10.0 Å². The summed E-state index contributed by atoms with van der Waals surface area (Å²) in [5.74, 6) is 0.530. The maximum atomic E-state index is 12.5. The van der Waals surface area contributed by atoms with Gasteiger partial charge < -0.3 is 4.74 Å². The summed E-state index contributed by atoms with van der Waals surface area (Å²) in [7, 11) is -2.32. The van der Waals surface area contributed by atoms with E-state index in [1.807, 2.05) is 0 Å². The van der Waals surface area contributed by atoms with Crippen LogP contribution in [-0.4, -0.2) is 34.9 Å². The molecule has 0 unspecified atom stereocenters. The molecule has 3 rings (SSSR count). The number of methoxy groups -OCH3 is 1. The van der Waals surface area contributed by atoms with Crippen LogP contribution < -0.4 is 4.74 Å². The Morgan fingerprint density at radius 3 is 2.80 bits per heavy atom. The Balaban J connectivity index is 2.24. The summed E-state index contributed by atoms with van der Waals surface area (Å²) in [4.78, 5) is 3.86. The van der Waals surface area contributed by atoms with Crippen molar-refractivity contribution in [2.45, 2.75) is 4.90 Å². The molecule has 0 amide bonds. The molecule has 0 aliphatic carbocycles. The van der Waals surface area contributed by atoms with Crippen LogP contribution in [0.15, 0.2) is 47.6 Å². The number of nitrogens with zero attached hydrogens (tertiary/aromatic N) is 4. The maximum Gasteiger partial charge on any atom is 0.286 e. The molecule has 0 spiro atoms. The lowest BCUT2D eigenvalue weighted by Gasteiger charge is -2.04. The minimum atomic E-state index is -3.82. The minimum Gasteiger partial charge on any atom is -0.497 e. The second-order valence-corrected chi connectivity index (χ2v) is 5.75. The Labute approximate surface area is 114 Å². The first-order valence-corrected chi connectivity index (χ1v) is 7.12. The van der Waals surface area contributed by atoms with E-state index in [0.29, 0.717) is 16.8 Å². The molecular weight excluding hydrogens is 280 g/mol. The number of hydrogen-bond acceptors (Lipinski definition) is 6. The third-order valence-corrected chi connectivity index (χ3v) is 4.34. The van der Waals surface area contributed by atoms with Crippen molar-refractivity contribution in [2.24, 2.45) is 0 Å². The molecule has 0 atom stereocenters. The lowest BCUT2D eigenvalue weighted by Crippen LogP contribution is -2.14. The smallest absolute Gasteiger partial charge is 0.286 e. The molecule has 102 valence electrons. The van der Waals surface area contributed by atoms with E-state index in [9.17, 15) is 8.42 Å². The normalized spacial score (nSPS) is 11.7. The molecule has 0 saturated heterocycles. The highest BCUT2D eigenvalue weighted by molar-refractivity contribution is 7.90.